The van der Waals surface area contributed by atoms with E-state index in [9.17, 15) is 0 Å². The van der Waals surface area contributed by atoms with E-state index in [0.29, 0.717) is 5.88 Å². The fraction of sp³-hybridized carbons (Fsp3) is 0.545. The van der Waals surface area contributed by atoms with Gasteiger partial charge in [-0.3, -0.25) is 0 Å². The van der Waals surface area contributed by atoms with Crippen molar-refractivity contribution in [1.82, 2.24) is 9.88 Å². The molecule has 1 saturated heterocycles. The Morgan fingerprint density at radius 1 is 1.25 bits per heavy atom. The minimum Gasteiger partial charge on any atom is -0.354 e. The van der Waals surface area contributed by atoms with Crippen molar-refractivity contribution in [2.45, 2.75) is 5.88 Å². The van der Waals surface area contributed by atoms with Crippen LogP contribution >= 0.6 is 24.0 Å². The van der Waals surface area contributed by atoms with Gasteiger partial charge in [0.2, 0.25) is 0 Å². The summed E-state index contributed by atoms with van der Waals surface area (Å²) in [6, 6.07) is 4.11. The predicted octanol–water partition coefficient (Wildman–Crippen LogP) is 1.99. The molecule has 16 heavy (non-hydrogen) atoms. The number of rotatable bonds is 2. The van der Waals surface area contributed by atoms with Gasteiger partial charge in [-0.05, 0) is 18.7 Å². The van der Waals surface area contributed by atoms with Crippen molar-refractivity contribution in [2.24, 2.45) is 0 Å². The number of pyridine rings is 1. The Hall–Kier alpha value is -0.510. The van der Waals surface area contributed by atoms with Crippen molar-refractivity contribution in [3.63, 3.8) is 0 Å². The van der Waals surface area contributed by atoms with Crippen molar-refractivity contribution >= 4 is 29.8 Å². The SMILES string of the molecule is CN1CCN(c2ccc(CCl)cn2)CC1.Cl. The summed E-state index contributed by atoms with van der Waals surface area (Å²) in [5.41, 5.74) is 1.08. The van der Waals surface area contributed by atoms with E-state index >= 15 is 0 Å². The first-order chi connectivity index (χ1) is 7.29. The van der Waals surface area contributed by atoms with E-state index in [1.54, 1.807) is 0 Å². The standard InChI is InChI=1S/C11H16ClN3.ClH/c1-14-4-6-15(7-5-14)11-3-2-10(8-12)9-13-11;/h2-3,9H,4-8H2,1H3;1H. The van der Waals surface area contributed by atoms with Crippen LogP contribution in [0.1, 0.15) is 5.56 Å². The normalized spacial score (nSPS) is 17.0. The van der Waals surface area contributed by atoms with Gasteiger partial charge in [0.05, 0.1) is 0 Å². The molecule has 3 nitrogen and oxygen atoms in total. The number of aromatic nitrogens is 1. The third kappa shape index (κ3) is 3.24. The van der Waals surface area contributed by atoms with E-state index in [4.69, 9.17) is 11.6 Å². The lowest BCUT2D eigenvalue weighted by molar-refractivity contribution is 0.312. The van der Waals surface area contributed by atoms with Gasteiger partial charge in [-0.15, -0.1) is 24.0 Å². The zero-order valence-corrected chi connectivity index (χ0v) is 11.0. The van der Waals surface area contributed by atoms with Crippen molar-refractivity contribution in [1.29, 1.82) is 0 Å². The summed E-state index contributed by atoms with van der Waals surface area (Å²) < 4.78 is 0. The van der Waals surface area contributed by atoms with Crippen LogP contribution in [0.4, 0.5) is 5.82 Å². The molecule has 5 heteroatoms. The molecule has 0 radical (unpaired) electrons. The van der Waals surface area contributed by atoms with Crippen molar-refractivity contribution < 1.29 is 0 Å². The van der Waals surface area contributed by atoms with Crippen LogP contribution in [0.2, 0.25) is 0 Å². The monoisotopic (exact) mass is 261 g/mol. The number of nitrogens with zero attached hydrogens (tertiary/aromatic N) is 3. The number of likely N-dealkylation sites (N-methyl/N-ethyl adjacent to an activating group) is 1. The molecule has 0 amide bonds. The van der Waals surface area contributed by atoms with Crippen molar-refractivity contribution in [2.75, 3.05) is 38.1 Å². The molecule has 90 valence electrons. The third-order valence-corrected chi connectivity index (χ3v) is 3.10. The van der Waals surface area contributed by atoms with Crippen LogP contribution < -0.4 is 4.90 Å². The molecule has 1 aliphatic heterocycles. The van der Waals surface area contributed by atoms with Crippen molar-refractivity contribution in [3.8, 4) is 0 Å². The predicted molar refractivity (Wildman–Crippen MR) is 70.8 cm³/mol. The summed E-state index contributed by atoms with van der Waals surface area (Å²) in [6.45, 7) is 4.34. The molecule has 0 atom stereocenters. The Labute approximate surface area is 108 Å². The summed E-state index contributed by atoms with van der Waals surface area (Å²) >= 11 is 5.72. The fourth-order valence-corrected chi connectivity index (χ4v) is 1.88. The van der Waals surface area contributed by atoms with Crippen LogP contribution in [0.15, 0.2) is 18.3 Å². The van der Waals surface area contributed by atoms with Crippen LogP contribution in [0.5, 0.6) is 0 Å². The molecule has 1 aliphatic rings. The maximum absolute atomic E-state index is 5.72. The lowest BCUT2D eigenvalue weighted by Gasteiger charge is -2.33. The van der Waals surface area contributed by atoms with E-state index in [0.717, 1.165) is 37.6 Å². The van der Waals surface area contributed by atoms with E-state index in [-0.39, 0.29) is 12.4 Å². The van der Waals surface area contributed by atoms with Gasteiger partial charge in [0.1, 0.15) is 5.82 Å². The molecule has 2 heterocycles. The highest BCUT2D eigenvalue weighted by atomic mass is 35.5. The van der Waals surface area contributed by atoms with E-state index in [1.165, 1.54) is 0 Å². The van der Waals surface area contributed by atoms with Gasteiger partial charge in [0.25, 0.3) is 0 Å². The van der Waals surface area contributed by atoms with Gasteiger partial charge in [0, 0.05) is 38.3 Å². The fourth-order valence-electron chi connectivity index (χ4n) is 1.72. The highest BCUT2D eigenvalue weighted by Crippen LogP contribution is 2.14. The average Bonchev–Trinajstić information content (AvgIpc) is 2.30. The minimum atomic E-state index is 0. The summed E-state index contributed by atoms with van der Waals surface area (Å²) in [5, 5.41) is 0. The lowest BCUT2D eigenvalue weighted by atomic mass is 10.3. The molecule has 1 aromatic rings. The van der Waals surface area contributed by atoms with Gasteiger partial charge in [-0.2, -0.15) is 0 Å². The van der Waals surface area contributed by atoms with Crippen LogP contribution in [-0.4, -0.2) is 43.1 Å². The van der Waals surface area contributed by atoms with Gasteiger partial charge >= 0.3 is 0 Å². The minimum absolute atomic E-state index is 0. The second-order valence-electron chi connectivity index (χ2n) is 3.95. The quantitative estimate of drug-likeness (QED) is 0.760. The van der Waals surface area contributed by atoms with Gasteiger partial charge in [0.15, 0.2) is 0 Å². The van der Waals surface area contributed by atoms with E-state index in [1.807, 2.05) is 12.3 Å². The molecular formula is C11H17Cl2N3. The molecular weight excluding hydrogens is 245 g/mol. The van der Waals surface area contributed by atoms with Crippen LogP contribution in [-0.2, 0) is 5.88 Å². The first-order valence-electron chi connectivity index (χ1n) is 5.24. The van der Waals surface area contributed by atoms with Crippen molar-refractivity contribution in [3.05, 3.63) is 23.9 Å². The smallest absolute Gasteiger partial charge is 0.128 e. The Bertz CT molecular complexity index is 308. The molecule has 0 unspecified atom stereocenters. The Morgan fingerprint density at radius 2 is 1.94 bits per heavy atom. The molecule has 2 rings (SSSR count). The van der Waals surface area contributed by atoms with E-state index in [2.05, 4.69) is 27.9 Å². The molecule has 0 bridgehead atoms. The second kappa shape index (κ2) is 6.28. The summed E-state index contributed by atoms with van der Waals surface area (Å²) in [5.74, 6) is 1.60. The second-order valence-corrected chi connectivity index (χ2v) is 4.22. The molecule has 1 fully saturated rings. The zero-order valence-electron chi connectivity index (χ0n) is 9.40. The Kier molecular flexibility index (Phi) is 5.32. The number of hydrogen-bond donors (Lipinski definition) is 0. The van der Waals surface area contributed by atoms with Gasteiger partial charge in [-0.25, -0.2) is 4.98 Å². The molecule has 0 aromatic carbocycles. The summed E-state index contributed by atoms with van der Waals surface area (Å²) in [7, 11) is 2.15. The van der Waals surface area contributed by atoms with Crippen LogP contribution in [0.3, 0.4) is 0 Å². The largest absolute Gasteiger partial charge is 0.354 e. The highest BCUT2D eigenvalue weighted by Gasteiger charge is 2.14. The van der Waals surface area contributed by atoms with Gasteiger partial charge < -0.3 is 9.80 Å². The van der Waals surface area contributed by atoms with E-state index < -0.39 is 0 Å². The number of piperazine rings is 1. The van der Waals surface area contributed by atoms with Crippen LogP contribution in [0, 0.1) is 0 Å². The number of hydrogen-bond acceptors (Lipinski definition) is 3. The third-order valence-electron chi connectivity index (χ3n) is 2.79. The Morgan fingerprint density at radius 3 is 2.44 bits per heavy atom. The number of halogens is 2. The number of alkyl halides is 1. The molecule has 0 spiro atoms. The zero-order chi connectivity index (χ0) is 10.7. The van der Waals surface area contributed by atoms with Crippen LogP contribution in [0.25, 0.3) is 0 Å². The molecule has 0 aliphatic carbocycles. The number of anilines is 1. The molecule has 0 saturated carbocycles. The first-order valence-corrected chi connectivity index (χ1v) is 5.77. The topological polar surface area (TPSA) is 19.4 Å². The van der Waals surface area contributed by atoms with Gasteiger partial charge in [-0.1, -0.05) is 6.07 Å². The lowest BCUT2D eigenvalue weighted by Crippen LogP contribution is -2.44. The summed E-state index contributed by atoms with van der Waals surface area (Å²) in [6.07, 6.45) is 1.86. The maximum Gasteiger partial charge on any atom is 0.128 e. The average molecular weight is 262 g/mol. The maximum atomic E-state index is 5.72. The summed E-state index contributed by atoms with van der Waals surface area (Å²) in [4.78, 5) is 9.08. The first kappa shape index (κ1) is 13.6. The highest BCUT2D eigenvalue weighted by molar-refractivity contribution is 6.17. The molecule has 1 aromatic heterocycles. The molecule has 0 N–H and O–H groups in total. The Balaban J connectivity index is 0.00000128.